The third-order valence-electron chi connectivity index (χ3n) is 2.82. The van der Waals surface area contributed by atoms with Gasteiger partial charge in [-0.1, -0.05) is 19.1 Å². The maximum absolute atomic E-state index is 13.1. The summed E-state index contributed by atoms with van der Waals surface area (Å²) in [4.78, 5) is 14.0. The van der Waals surface area contributed by atoms with Crippen molar-refractivity contribution in [3.8, 4) is 0 Å². The zero-order valence-corrected chi connectivity index (χ0v) is 11.6. The first-order valence-corrected chi connectivity index (χ1v) is 6.31. The van der Waals surface area contributed by atoms with Crippen molar-refractivity contribution in [1.29, 1.82) is 0 Å². The van der Waals surface area contributed by atoms with E-state index in [1.54, 1.807) is 6.92 Å². The van der Waals surface area contributed by atoms with Gasteiger partial charge in [-0.05, 0) is 25.1 Å². The van der Waals surface area contributed by atoms with E-state index >= 15 is 0 Å². The molecule has 1 amide bonds. The first kappa shape index (κ1) is 15.5. The highest BCUT2D eigenvalue weighted by molar-refractivity contribution is 7.80. The van der Waals surface area contributed by atoms with Crippen LogP contribution in [0.4, 0.5) is 8.78 Å². The molecule has 0 spiro atoms. The zero-order chi connectivity index (χ0) is 14.6. The summed E-state index contributed by atoms with van der Waals surface area (Å²) < 4.78 is 25.9. The monoisotopic (exact) mass is 286 g/mol. The molecule has 0 fully saturated rings. The van der Waals surface area contributed by atoms with E-state index in [0.717, 1.165) is 12.1 Å². The largest absolute Gasteiger partial charge is 0.393 e. The van der Waals surface area contributed by atoms with Crippen molar-refractivity contribution in [1.82, 2.24) is 4.90 Å². The third kappa shape index (κ3) is 3.96. The molecule has 6 heteroatoms. The molecule has 0 saturated heterocycles. The number of hydrogen-bond acceptors (Lipinski definition) is 2. The van der Waals surface area contributed by atoms with Crippen molar-refractivity contribution in [3.05, 3.63) is 35.4 Å². The van der Waals surface area contributed by atoms with Crippen molar-refractivity contribution in [2.24, 2.45) is 11.7 Å². The number of thiocarbonyl (C=S) groups is 1. The van der Waals surface area contributed by atoms with E-state index in [4.69, 9.17) is 18.0 Å². The molecule has 0 aromatic heterocycles. The Kier molecular flexibility index (Phi) is 5.35. The molecule has 2 N–H and O–H groups in total. The minimum absolute atomic E-state index is 0.107. The van der Waals surface area contributed by atoms with Gasteiger partial charge in [-0.15, -0.1) is 0 Å². The fourth-order valence-electron chi connectivity index (χ4n) is 1.59. The SMILES string of the molecule is CCN(CC(C)C(N)=S)C(=O)c1ccc(F)c(F)c1. The Morgan fingerprint density at radius 3 is 2.53 bits per heavy atom. The summed E-state index contributed by atoms with van der Waals surface area (Å²) in [5, 5.41) is 0. The molecule has 0 aliphatic carbocycles. The van der Waals surface area contributed by atoms with Gasteiger partial charge in [-0.2, -0.15) is 0 Å². The highest BCUT2D eigenvalue weighted by atomic mass is 32.1. The topological polar surface area (TPSA) is 46.3 Å². The van der Waals surface area contributed by atoms with Gasteiger partial charge >= 0.3 is 0 Å². The van der Waals surface area contributed by atoms with E-state index in [1.807, 2.05) is 6.92 Å². The Morgan fingerprint density at radius 2 is 2.05 bits per heavy atom. The smallest absolute Gasteiger partial charge is 0.253 e. The maximum atomic E-state index is 13.1. The van der Waals surface area contributed by atoms with Gasteiger partial charge in [0, 0.05) is 24.6 Å². The van der Waals surface area contributed by atoms with Crippen LogP contribution >= 0.6 is 12.2 Å². The van der Waals surface area contributed by atoms with Gasteiger partial charge < -0.3 is 10.6 Å². The summed E-state index contributed by atoms with van der Waals surface area (Å²) in [6.07, 6.45) is 0. The Bertz CT molecular complexity index is 494. The van der Waals surface area contributed by atoms with E-state index in [9.17, 15) is 13.6 Å². The van der Waals surface area contributed by atoms with Crippen LogP contribution in [0.15, 0.2) is 18.2 Å². The Balaban J connectivity index is 2.89. The van der Waals surface area contributed by atoms with Crippen LogP contribution in [0.25, 0.3) is 0 Å². The summed E-state index contributed by atoms with van der Waals surface area (Å²) in [7, 11) is 0. The van der Waals surface area contributed by atoms with E-state index in [0.29, 0.717) is 18.1 Å². The van der Waals surface area contributed by atoms with Crippen LogP contribution in [0.5, 0.6) is 0 Å². The third-order valence-corrected chi connectivity index (χ3v) is 3.22. The quantitative estimate of drug-likeness (QED) is 0.845. The Morgan fingerprint density at radius 1 is 1.42 bits per heavy atom. The van der Waals surface area contributed by atoms with Crippen molar-refractivity contribution in [2.45, 2.75) is 13.8 Å². The molecule has 0 saturated carbocycles. The molecule has 0 aliphatic heterocycles. The first-order valence-electron chi connectivity index (χ1n) is 5.90. The molecule has 1 rings (SSSR count). The van der Waals surface area contributed by atoms with Gasteiger partial charge in [0.1, 0.15) is 0 Å². The minimum atomic E-state index is -1.04. The van der Waals surface area contributed by atoms with Gasteiger partial charge in [0.2, 0.25) is 0 Å². The number of amides is 1. The van der Waals surface area contributed by atoms with Crippen molar-refractivity contribution in [2.75, 3.05) is 13.1 Å². The molecule has 0 heterocycles. The summed E-state index contributed by atoms with van der Waals surface area (Å²) in [5.74, 6) is -2.52. The van der Waals surface area contributed by atoms with Gasteiger partial charge in [-0.25, -0.2) is 8.78 Å². The fourth-order valence-corrected chi connectivity index (χ4v) is 1.66. The molecule has 3 nitrogen and oxygen atoms in total. The predicted molar refractivity (Wildman–Crippen MR) is 73.9 cm³/mol. The number of nitrogens with zero attached hydrogens (tertiary/aromatic N) is 1. The number of nitrogens with two attached hydrogens (primary N) is 1. The summed E-state index contributed by atoms with van der Waals surface area (Å²) in [5.41, 5.74) is 5.61. The van der Waals surface area contributed by atoms with Crippen LogP contribution in [0.3, 0.4) is 0 Å². The van der Waals surface area contributed by atoms with Crippen molar-refractivity contribution >= 4 is 23.1 Å². The maximum Gasteiger partial charge on any atom is 0.253 e. The molecular weight excluding hydrogens is 270 g/mol. The number of carbonyl (C=O) groups is 1. The van der Waals surface area contributed by atoms with Gasteiger partial charge in [0.05, 0.1) is 4.99 Å². The second kappa shape index (κ2) is 6.56. The molecule has 0 bridgehead atoms. The fraction of sp³-hybridized carbons (Fsp3) is 0.385. The highest BCUT2D eigenvalue weighted by Gasteiger charge is 2.19. The molecule has 1 aromatic carbocycles. The van der Waals surface area contributed by atoms with Crippen LogP contribution in [-0.2, 0) is 0 Å². The van der Waals surface area contributed by atoms with Crippen LogP contribution < -0.4 is 5.73 Å². The van der Waals surface area contributed by atoms with E-state index in [-0.39, 0.29) is 17.4 Å². The summed E-state index contributed by atoms with van der Waals surface area (Å²) in [6.45, 7) is 4.39. The van der Waals surface area contributed by atoms with Crippen molar-refractivity contribution in [3.63, 3.8) is 0 Å². The average molecular weight is 286 g/mol. The first-order chi connectivity index (χ1) is 8.86. The van der Waals surface area contributed by atoms with Crippen LogP contribution in [0.2, 0.25) is 0 Å². The molecule has 104 valence electrons. The summed E-state index contributed by atoms with van der Waals surface area (Å²) >= 11 is 4.86. The molecule has 0 aliphatic rings. The standard InChI is InChI=1S/C13H16F2N2OS/c1-3-17(7-8(2)12(16)19)13(18)9-4-5-10(14)11(15)6-9/h4-6,8H,3,7H2,1-2H3,(H2,16,19). The van der Waals surface area contributed by atoms with Crippen LogP contribution in [-0.4, -0.2) is 28.9 Å². The lowest BCUT2D eigenvalue weighted by atomic mass is 10.1. The van der Waals surface area contributed by atoms with Gasteiger partial charge in [-0.3, -0.25) is 4.79 Å². The lowest BCUT2D eigenvalue weighted by molar-refractivity contribution is 0.0754. The second-order valence-corrected chi connectivity index (χ2v) is 4.75. The predicted octanol–water partition coefficient (Wildman–Crippen LogP) is 2.35. The highest BCUT2D eigenvalue weighted by Crippen LogP contribution is 2.12. The minimum Gasteiger partial charge on any atom is -0.393 e. The van der Waals surface area contributed by atoms with Gasteiger partial charge in [0.25, 0.3) is 5.91 Å². The number of carbonyl (C=O) groups excluding carboxylic acids is 1. The number of halogens is 2. The number of rotatable bonds is 5. The number of hydrogen-bond donors (Lipinski definition) is 1. The van der Waals surface area contributed by atoms with Gasteiger partial charge in [0.15, 0.2) is 11.6 Å². The second-order valence-electron chi connectivity index (χ2n) is 4.28. The number of benzene rings is 1. The van der Waals surface area contributed by atoms with Crippen molar-refractivity contribution < 1.29 is 13.6 Å². The molecule has 1 aromatic rings. The molecule has 1 unspecified atom stereocenters. The molecular formula is C13H16F2N2OS. The van der Waals surface area contributed by atoms with E-state index in [2.05, 4.69) is 0 Å². The van der Waals surface area contributed by atoms with E-state index < -0.39 is 11.6 Å². The normalized spacial score (nSPS) is 12.0. The average Bonchev–Trinajstić information content (AvgIpc) is 2.37. The van der Waals surface area contributed by atoms with Crippen LogP contribution in [0.1, 0.15) is 24.2 Å². The lowest BCUT2D eigenvalue weighted by Crippen LogP contribution is -2.38. The Hall–Kier alpha value is -1.56. The summed E-state index contributed by atoms with van der Waals surface area (Å²) in [6, 6.07) is 3.09. The Labute approximate surface area is 116 Å². The lowest BCUT2D eigenvalue weighted by Gasteiger charge is -2.24. The van der Waals surface area contributed by atoms with Crippen LogP contribution in [0, 0.1) is 17.6 Å². The molecule has 19 heavy (non-hydrogen) atoms. The molecule has 1 atom stereocenters. The van der Waals surface area contributed by atoms with E-state index in [1.165, 1.54) is 11.0 Å². The zero-order valence-electron chi connectivity index (χ0n) is 10.8. The molecule has 0 radical (unpaired) electrons.